The molecule has 9 heteroatoms. The fraction of sp³-hybridized carbons (Fsp3) is 0.438. The van der Waals surface area contributed by atoms with Gasteiger partial charge in [-0.1, -0.05) is 11.6 Å². The lowest BCUT2D eigenvalue weighted by molar-refractivity contribution is -0.152. The van der Waals surface area contributed by atoms with E-state index >= 15 is 0 Å². The maximum absolute atomic E-state index is 13.2. The van der Waals surface area contributed by atoms with Gasteiger partial charge in [-0.3, -0.25) is 9.59 Å². The summed E-state index contributed by atoms with van der Waals surface area (Å²) in [4.78, 5) is 36.9. The van der Waals surface area contributed by atoms with Crippen LogP contribution in [0.5, 0.6) is 0 Å². The van der Waals surface area contributed by atoms with Crippen LogP contribution in [0.2, 0.25) is 5.02 Å². The van der Waals surface area contributed by atoms with Gasteiger partial charge < -0.3 is 20.1 Å². The molecule has 1 aromatic carbocycles. The Balaban J connectivity index is 1.61. The Kier molecular flexibility index (Phi) is 4.91. The fourth-order valence-corrected chi connectivity index (χ4v) is 3.17. The number of ether oxygens (including phenoxy) is 1. The molecular weight excluding hydrogens is 355 g/mol. The number of hydrogen-bond donors (Lipinski definition) is 2. The molecule has 25 heavy (non-hydrogen) atoms. The van der Waals surface area contributed by atoms with Gasteiger partial charge >= 0.3 is 5.97 Å². The molecule has 1 aromatic rings. The molecule has 3 atom stereocenters. The topological polar surface area (TPSA) is 95.9 Å². The van der Waals surface area contributed by atoms with Crippen molar-refractivity contribution in [1.29, 1.82) is 0 Å². The summed E-state index contributed by atoms with van der Waals surface area (Å²) in [5.41, 5.74) is 0.455. The summed E-state index contributed by atoms with van der Waals surface area (Å²) in [6.45, 7) is 0.356. The van der Waals surface area contributed by atoms with Gasteiger partial charge in [-0.2, -0.15) is 0 Å². The van der Waals surface area contributed by atoms with E-state index in [1.54, 1.807) is 0 Å². The van der Waals surface area contributed by atoms with Crippen molar-refractivity contribution >= 4 is 35.1 Å². The van der Waals surface area contributed by atoms with E-state index in [0.29, 0.717) is 25.1 Å². The van der Waals surface area contributed by atoms with Crippen LogP contribution in [0.3, 0.4) is 0 Å². The summed E-state index contributed by atoms with van der Waals surface area (Å²) in [5, 5.41) is 11.4. The summed E-state index contributed by atoms with van der Waals surface area (Å²) in [6.07, 6.45) is -0.932. The number of anilines is 1. The molecule has 0 saturated carbocycles. The number of carbonyl (C=O) groups is 3. The van der Waals surface area contributed by atoms with E-state index < -0.39 is 35.9 Å². The molecule has 2 N–H and O–H groups in total. The molecule has 0 aromatic heterocycles. The van der Waals surface area contributed by atoms with Crippen LogP contribution in [-0.4, -0.2) is 47.7 Å². The Bertz CT molecular complexity index is 728. The summed E-state index contributed by atoms with van der Waals surface area (Å²) >= 11 is 5.74. The molecule has 2 fully saturated rings. The molecule has 0 bridgehead atoms. The van der Waals surface area contributed by atoms with E-state index in [1.165, 1.54) is 23.1 Å². The van der Waals surface area contributed by atoms with Crippen molar-refractivity contribution in [3.8, 4) is 0 Å². The molecule has 0 radical (unpaired) electrons. The average Bonchev–Trinajstić information content (AvgIpc) is 3.19. The molecule has 2 heterocycles. The largest absolute Gasteiger partial charge is 0.479 e. The summed E-state index contributed by atoms with van der Waals surface area (Å²) in [7, 11) is 0. The molecule has 2 amide bonds. The Labute approximate surface area is 147 Å². The first kappa shape index (κ1) is 17.6. The molecule has 3 rings (SSSR count). The highest BCUT2D eigenvalue weighted by Crippen LogP contribution is 2.27. The summed E-state index contributed by atoms with van der Waals surface area (Å²) in [5.74, 6) is -2.51. The Hall–Kier alpha value is -2.19. The highest BCUT2D eigenvalue weighted by atomic mass is 35.5. The van der Waals surface area contributed by atoms with Crippen LogP contribution in [0.4, 0.5) is 10.1 Å². The Morgan fingerprint density at radius 3 is 2.64 bits per heavy atom. The van der Waals surface area contributed by atoms with Gasteiger partial charge in [0.15, 0.2) is 6.10 Å². The van der Waals surface area contributed by atoms with Crippen molar-refractivity contribution in [3.05, 3.63) is 29.0 Å². The van der Waals surface area contributed by atoms with Crippen LogP contribution in [0.1, 0.15) is 19.3 Å². The first-order chi connectivity index (χ1) is 11.9. The van der Waals surface area contributed by atoms with E-state index in [4.69, 9.17) is 21.4 Å². The third-order valence-corrected chi connectivity index (χ3v) is 4.61. The normalized spacial score (nSPS) is 26.1. The number of hydrogen-bond acceptors (Lipinski definition) is 4. The molecule has 2 aliphatic rings. The van der Waals surface area contributed by atoms with Crippen molar-refractivity contribution in [2.75, 3.05) is 11.4 Å². The van der Waals surface area contributed by atoms with Crippen molar-refractivity contribution in [3.63, 3.8) is 0 Å². The second kappa shape index (κ2) is 6.97. The predicted molar refractivity (Wildman–Crippen MR) is 85.8 cm³/mol. The zero-order chi connectivity index (χ0) is 18.1. The number of carboxylic acid groups (broad SMARTS) is 1. The molecule has 1 unspecified atom stereocenters. The Morgan fingerprint density at radius 2 is 2.00 bits per heavy atom. The highest BCUT2D eigenvalue weighted by molar-refractivity contribution is 6.31. The van der Waals surface area contributed by atoms with Crippen LogP contribution in [0.25, 0.3) is 0 Å². The lowest BCUT2D eigenvalue weighted by atomic mass is 10.1. The first-order valence-electron chi connectivity index (χ1n) is 7.82. The maximum Gasteiger partial charge on any atom is 0.332 e. The van der Waals surface area contributed by atoms with E-state index in [0.717, 1.165) is 0 Å². The summed E-state index contributed by atoms with van der Waals surface area (Å²) < 4.78 is 18.4. The van der Waals surface area contributed by atoms with E-state index in [-0.39, 0.29) is 17.4 Å². The van der Waals surface area contributed by atoms with Crippen LogP contribution < -0.4 is 10.2 Å². The standard InChI is InChI=1S/C16H16ClFN2O5/c17-9-7-8(1-2-10(9)18)20-6-5-11(15(20)22)19-14(21)12-3-4-13(25-12)16(23)24/h1-2,7,11-13H,3-6H2,(H,19,21)(H,23,24)/t11?,12-,13+/m0/s1. The van der Waals surface area contributed by atoms with Gasteiger partial charge in [0.1, 0.15) is 18.0 Å². The number of aliphatic carboxylic acids is 1. The highest BCUT2D eigenvalue weighted by Gasteiger charge is 2.39. The second-order valence-corrected chi connectivity index (χ2v) is 6.37. The lowest BCUT2D eigenvalue weighted by Crippen LogP contribution is -2.45. The van der Waals surface area contributed by atoms with E-state index in [2.05, 4.69) is 5.32 Å². The van der Waals surface area contributed by atoms with Crippen LogP contribution in [0.15, 0.2) is 18.2 Å². The Morgan fingerprint density at radius 1 is 1.28 bits per heavy atom. The fourth-order valence-electron chi connectivity index (χ4n) is 3.00. The van der Waals surface area contributed by atoms with Gasteiger partial charge in [-0.05, 0) is 37.5 Å². The monoisotopic (exact) mass is 370 g/mol. The number of nitrogens with one attached hydrogen (secondary N) is 1. The average molecular weight is 371 g/mol. The molecule has 7 nitrogen and oxygen atoms in total. The third kappa shape index (κ3) is 3.59. The zero-order valence-electron chi connectivity index (χ0n) is 13.1. The number of nitrogens with zero attached hydrogens (tertiary/aromatic N) is 1. The van der Waals surface area contributed by atoms with Crippen LogP contribution in [-0.2, 0) is 19.1 Å². The summed E-state index contributed by atoms with van der Waals surface area (Å²) in [6, 6.07) is 3.25. The first-order valence-corrected chi connectivity index (χ1v) is 8.19. The van der Waals surface area contributed by atoms with E-state index in [9.17, 15) is 18.8 Å². The van der Waals surface area contributed by atoms with Gasteiger partial charge in [0.05, 0.1) is 5.02 Å². The van der Waals surface area contributed by atoms with Gasteiger partial charge in [0.25, 0.3) is 0 Å². The van der Waals surface area contributed by atoms with E-state index in [1.807, 2.05) is 0 Å². The smallest absolute Gasteiger partial charge is 0.332 e. The number of carbonyl (C=O) groups excluding carboxylic acids is 2. The van der Waals surface area contributed by atoms with Crippen molar-refractivity contribution in [1.82, 2.24) is 5.32 Å². The molecule has 0 aliphatic carbocycles. The minimum Gasteiger partial charge on any atom is -0.479 e. The molecule has 2 aliphatic heterocycles. The molecular formula is C16H16ClFN2O5. The van der Waals surface area contributed by atoms with Gasteiger partial charge in [0, 0.05) is 12.2 Å². The predicted octanol–water partition coefficient (Wildman–Crippen LogP) is 1.33. The second-order valence-electron chi connectivity index (χ2n) is 5.97. The number of carboxylic acids is 1. The SMILES string of the molecule is O=C(NC1CCN(c2ccc(F)c(Cl)c2)C1=O)[C@@H]1CC[C@H](C(=O)O)O1. The number of halogens is 2. The van der Waals surface area contributed by atoms with Gasteiger partial charge in [0.2, 0.25) is 11.8 Å². The number of amides is 2. The number of rotatable bonds is 4. The van der Waals surface area contributed by atoms with Crippen molar-refractivity contribution in [2.24, 2.45) is 0 Å². The van der Waals surface area contributed by atoms with Gasteiger partial charge in [-0.15, -0.1) is 0 Å². The van der Waals surface area contributed by atoms with Crippen molar-refractivity contribution in [2.45, 2.75) is 37.5 Å². The molecule has 0 spiro atoms. The lowest BCUT2D eigenvalue weighted by Gasteiger charge is -2.18. The maximum atomic E-state index is 13.2. The molecule has 2 saturated heterocycles. The number of benzene rings is 1. The van der Waals surface area contributed by atoms with Gasteiger partial charge in [-0.25, -0.2) is 9.18 Å². The van der Waals surface area contributed by atoms with Crippen molar-refractivity contribution < 1.29 is 28.6 Å². The van der Waals surface area contributed by atoms with Crippen LogP contribution >= 0.6 is 11.6 Å². The quantitative estimate of drug-likeness (QED) is 0.833. The minimum absolute atomic E-state index is 0.0862. The van der Waals surface area contributed by atoms with Crippen LogP contribution in [0, 0.1) is 5.82 Å². The third-order valence-electron chi connectivity index (χ3n) is 4.32. The minimum atomic E-state index is -1.10. The molecule has 134 valence electrons. The zero-order valence-corrected chi connectivity index (χ0v) is 13.8.